The van der Waals surface area contributed by atoms with Gasteiger partial charge in [-0.15, -0.1) is 0 Å². The highest BCUT2D eigenvalue weighted by atomic mass is 16.5. The zero-order valence-electron chi connectivity index (χ0n) is 9.46. The summed E-state index contributed by atoms with van der Waals surface area (Å²) in [5.74, 6) is 0.644. The number of rotatable bonds is 3. The lowest BCUT2D eigenvalue weighted by molar-refractivity contribution is -0.129. The van der Waals surface area contributed by atoms with Gasteiger partial charge >= 0.3 is 0 Å². The van der Waals surface area contributed by atoms with Gasteiger partial charge in [0.05, 0.1) is 6.10 Å². The summed E-state index contributed by atoms with van der Waals surface area (Å²) in [5, 5.41) is 0. The summed E-state index contributed by atoms with van der Waals surface area (Å²) in [6.07, 6.45) is 6.88. The number of hydrogen-bond acceptors (Lipinski definition) is 2. The highest BCUT2D eigenvalue weighted by Gasteiger charge is 2.55. The molecule has 0 amide bonds. The van der Waals surface area contributed by atoms with Crippen molar-refractivity contribution in [2.75, 3.05) is 6.61 Å². The van der Waals surface area contributed by atoms with Crippen LogP contribution >= 0.6 is 0 Å². The standard InChI is InChI=1S/C12H23NO/c1-9(2)8-14-11-7-10(13)12(11)5-3-4-6-12/h9-11H,3-8,13H2,1-2H3. The highest BCUT2D eigenvalue weighted by molar-refractivity contribution is 5.08. The molecule has 2 saturated carbocycles. The quantitative estimate of drug-likeness (QED) is 0.753. The maximum Gasteiger partial charge on any atom is 0.0661 e. The third-order valence-electron chi connectivity index (χ3n) is 4.01. The molecule has 0 bridgehead atoms. The fraction of sp³-hybridized carbons (Fsp3) is 1.00. The first-order valence-electron chi connectivity index (χ1n) is 6.02. The fourth-order valence-corrected chi connectivity index (χ4v) is 3.05. The lowest BCUT2D eigenvalue weighted by Gasteiger charge is -2.52. The van der Waals surface area contributed by atoms with Crippen LogP contribution in [0.4, 0.5) is 0 Å². The predicted octanol–water partition coefficient (Wildman–Crippen LogP) is 2.32. The van der Waals surface area contributed by atoms with E-state index in [0.717, 1.165) is 13.0 Å². The van der Waals surface area contributed by atoms with Crippen LogP contribution in [0.2, 0.25) is 0 Å². The van der Waals surface area contributed by atoms with Gasteiger partial charge in [-0.2, -0.15) is 0 Å². The predicted molar refractivity (Wildman–Crippen MR) is 58.1 cm³/mol. The van der Waals surface area contributed by atoms with Gasteiger partial charge in [0, 0.05) is 18.1 Å². The van der Waals surface area contributed by atoms with Crippen molar-refractivity contribution in [2.45, 2.75) is 58.1 Å². The zero-order chi connectivity index (χ0) is 10.2. The second kappa shape index (κ2) is 3.82. The van der Waals surface area contributed by atoms with E-state index in [1.165, 1.54) is 25.7 Å². The van der Waals surface area contributed by atoms with Crippen molar-refractivity contribution in [1.29, 1.82) is 0 Å². The fourth-order valence-electron chi connectivity index (χ4n) is 3.05. The normalized spacial score (nSPS) is 35.1. The molecule has 0 radical (unpaired) electrons. The first-order chi connectivity index (χ1) is 6.65. The molecule has 82 valence electrons. The Morgan fingerprint density at radius 1 is 1.36 bits per heavy atom. The van der Waals surface area contributed by atoms with Crippen LogP contribution < -0.4 is 5.73 Å². The van der Waals surface area contributed by atoms with E-state index in [0.29, 0.717) is 23.5 Å². The lowest BCUT2D eigenvalue weighted by atomic mass is 9.61. The monoisotopic (exact) mass is 197 g/mol. The minimum Gasteiger partial charge on any atom is -0.377 e. The van der Waals surface area contributed by atoms with E-state index in [4.69, 9.17) is 10.5 Å². The second-order valence-electron chi connectivity index (χ2n) is 5.50. The number of nitrogens with two attached hydrogens (primary N) is 1. The van der Waals surface area contributed by atoms with Gasteiger partial charge in [0.2, 0.25) is 0 Å². The first-order valence-corrected chi connectivity index (χ1v) is 6.02. The largest absolute Gasteiger partial charge is 0.377 e. The summed E-state index contributed by atoms with van der Waals surface area (Å²) in [4.78, 5) is 0. The van der Waals surface area contributed by atoms with Gasteiger partial charge in [0.1, 0.15) is 0 Å². The molecule has 2 aliphatic rings. The van der Waals surface area contributed by atoms with E-state index in [1.54, 1.807) is 0 Å². The average molecular weight is 197 g/mol. The molecule has 2 N–H and O–H groups in total. The molecular weight excluding hydrogens is 174 g/mol. The van der Waals surface area contributed by atoms with Crippen molar-refractivity contribution < 1.29 is 4.74 Å². The zero-order valence-corrected chi connectivity index (χ0v) is 9.46. The van der Waals surface area contributed by atoms with Gasteiger partial charge in [0.25, 0.3) is 0 Å². The van der Waals surface area contributed by atoms with Crippen molar-refractivity contribution in [1.82, 2.24) is 0 Å². The van der Waals surface area contributed by atoms with Crippen LogP contribution in [-0.4, -0.2) is 18.8 Å². The Hall–Kier alpha value is -0.0800. The molecule has 2 unspecified atom stereocenters. The molecule has 2 heteroatoms. The molecule has 0 aromatic carbocycles. The summed E-state index contributed by atoms with van der Waals surface area (Å²) in [6, 6.07) is 0.419. The van der Waals surface area contributed by atoms with Crippen LogP contribution in [0.1, 0.15) is 46.0 Å². The van der Waals surface area contributed by atoms with Gasteiger partial charge in [-0.25, -0.2) is 0 Å². The van der Waals surface area contributed by atoms with Crippen LogP contribution in [0.5, 0.6) is 0 Å². The van der Waals surface area contributed by atoms with Crippen molar-refractivity contribution in [3.8, 4) is 0 Å². The molecule has 2 aliphatic carbocycles. The van der Waals surface area contributed by atoms with Gasteiger partial charge in [-0.05, 0) is 25.2 Å². The molecule has 14 heavy (non-hydrogen) atoms. The molecule has 2 rings (SSSR count). The van der Waals surface area contributed by atoms with E-state index in [-0.39, 0.29) is 0 Å². The highest BCUT2D eigenvalue weighted by Crippen LogP contribution is 2.53. The van der Waals surface area contributed by atoms with Gasteiger partial charge in [-0.3, -0.25) is 0 Å². The molecule has 1 spiro atoms. The summed E-state index contributed by atoms with van der Waals surface area (Å²) in [5.41, 5.74) is 6.52. The van der Waals surface area contributed by atoms with Gasteiger partial charge < -0.3 is 10.5 Å². The third kappa shape index (κ3) is 1.59. The molecule has 2 fully saturated rings. The van der Waals surface area contributed by atoms with Crippen molar-refractivity contribution >= 4 is 0 Å². The maximum atomic E-state index is 6.14. The van der Waals surface area contributed by atoms with Crippen LogP contribution in [0.25, 0.3) is 0 Å². The Bertz CT molecular complexity index is 196. The number of hydrogen-bond donors (Lipinski definition) is 1. The van der Waals surface area contributed by atoms with Crippen LogP contribution in [-0.2, 0) is 4.74 Å². The topological polar surface area (TPSA) is 35.2 Å². The minimum atomic E-state index is 0.384. The van der Waals surface area contributed by atoms with E-state index in [2.05, 4.69) is 13.8 Å². The molecule has 0 aromatic rings. The molecule has 2 atom stereocenters. The molecular formula is C12H23NO. The number of ether oxygens (including phenoxy) is 1. The van der Waals surface area contributed by atoms with Gasteiger partial charge in [-0.1, -0.05) is 26.7 Å². The van der Waals surface area contributed by atoms with E-state index >= 15 is 0 Å². The van der Waals surface area contributed by atoms with E-state index < -0.39 is 0 Å². The minimum absolute atomic E-state index is 0.384. The second-order valence-corrected chi connectivity index (χ2v) is 5.50. The Morgan fingerprint density at radius 3 is 2.50 bits per heavy atom. The summed E-state index contributed by atoms with van der Waals surface area (Å²) in [7, 11) is 0. The van der Waals surface area contributed by atoms with E-state index in [9.17, 15) is 0 Å². The average Bonchev–Trinajstić information content (AvgIpc) is 2.62. The third-order valence-corrected chi connectivity index (χ3v) is 4.01. The molecule has 2 nitrogen and oxygen atoms in total. The van der Waals surface area contributed by atoms with Crippen molar-refractivity contribution in [3.05, 3.63) is 0 Å². The smallest absolute Gasteiger partial charge is 0.0661 e. The molecule has 0 heterocycles. The SMILES string of the molecule is CC(C)COC1CC(N)C12CCCC2. The Balaban J connectivity index is 1.88. The van der Waals surface area contributed by atoms with Crippen LogP contribution in [0.3, 0.4) is 0 Å². The molecule has 0 aromatic heterocycles. The van der Waals surface area contributed by atoms with Gasteiger partial charge in [0.15, 0.2) is 0 Å². The Labute approximate surface area is 87.2 Å². The summed E-state index contributed by atoms with van der Waals surface area (Å²) in [6.45, 7) is 5.32. The van der Waals surface area contributed by atoms with E-state index in [1.807, 2.05) is 0 Å². The first kappa shape index (κ1) is 10.4. The molecule has 0 saturated heterocycles. The van der Waals surface area contributed by atoms with Crippen molar-refractivity contribution in [3.63, 3.8) is 0 Å². The maximum absolute atomic E-state index is 6.14. The Morgan fingerprint density at radius 2 is 2.00 bits per heavy atom. The van der Waals surface area contributed by atoms with Crippen LogP contribution in [0.15, 0.2) is 0 Å². The molecule has 0 aliphatic heterocycles. The summed E-state index contributed by atoms with van der Waals surface area (Å²) < 4.78 is 5.97. The lowest BCUT2D eigenvalue weighted by Crippen LogP contribution is -2.61. The Kier molecular flexibility index (Phi) is 2.85. The summed E-state index contributed by atoms with van der Waals surface area (Å²) >= 11 is 0. The van der Waals surface area contributed by atoms with Crippen molar-refractivity contribution in [2.24, 2.45) is 17.1 Å². The van der Waals surface area contributed by atoms with Crippen LogP contribution in [0, 0.1) is 11.3 Å².